The first kappa shape index (κ1) is 11.1. The summed E-state index contributed by atoms with van der Waals surface area (Å²) in [5.41, 5.74) is 8.16. The summed E-state index contributed by atoms with van der Waals surface area (Å²) >= 11 is 0. The monoisotopic (exact) mass is 220 g/mol. The average molecular weight is 220 g/mol. The summed E-state index contributed by atoms with van der Waals surface area (Å²) in [5, 5.41) is 0.945. The summed E-state index contributed by atoms with van der Waals surface area (Å²) in [4.78, 5) is 0. The Morgan fingerprint density at radius 3 is 2.81 bits per heavy atom. The lowest BCUT2D eigenvalue weighted by molar-refractivity contribution is 0.623. The quantitative estimate of drug-likeness (QED) is 0.847. The summed E-state index contributed by atoms with van der Waals surface area (Å²) in [6, 6.07) is 7.06. The van der Waals surface area contributed by atoms with Gasteiger partial charge in [-0.2, -0.15) is 0 Å². The number of aryl methyl sites for hydroxylation is 1. The van der Waals surface area contributed by atoms with Crippen LogP contribution in [-0.2, 0) is 13.5 Å². The SMILES string of the molecule is CCC(N)Cc1cc2cc(F)ccc2n1C. The molecule has 1 aromatic carbocycles. The highest BCUT2D eigenvalue weighted by Gasteiger charge is 2.09. The van der Waals surface area contributed by atoms with Gasteiger partial charge in [0.25, 0.3) is 0 Å². The Labute approximate surface area is 94.9 Å². The first-order valence-electron chi connectivity index (χ1n) is 5.61. The lowest BCUT2D eigenvalue weighted by Crippen LogP contribution is -2.22. The molecule has 2 rings (SSSR count). The molecule has 0 saturated carbocycles. The van der Waals surface area contributed by atoms with E-state index in [0.29, 0.717) is 0 Å². The van der Waals surface area contributed by atoms with Crippen molar-refractivity contribution in [3.05, 3.63) is 35.8 Å². The minimum atomic E-state index is -0.190. The zero-order valence-corrected chi connectivity index (χ0v) is 9.70. The van der Waals surface area contributed by atoms with E-state index in [2.05, 4.69) is 11.5 Å². The Morgan fingerprint density at radius 2 is 2.12 bits per heavy atom. The van der Waals surface area contributed by atoms with E-state index in [4.69, 9.17) is 5.73 Å². The van der Waals surface area contributed by atoms with Gasteiger partial charge in [-0.15, -0.1) is 0 Å². The minimum Gasteiger partial charge on any atom is -0.348 e. The first-order chi connectivity index (χ1) is 7.61. The average Bonchev–Trinajstić information content (AvgIpc) is 2.55. The lowest BCUT2D eigenvalue weighted by atomic mass is 10.1. The van der Waals surface area contributed by atoms with Crippen molar-refractivity contribution in [2.24, 2.45) is 12.8 Å². The zero-order valence-electron chi connectivity index (χ0n) is 9.70. The third-order valence-corrected chi connectivity index (χ3v) is 3.10. The van der Waals surface area contributed by atoms with Gasteiger partial charge in [0.15, 0.2) is 0 Å². The van der Waals surface area contributed by atoms with Crippen LogP contribution in [0.2, 0.25) is 0 Å². The molecule has 16 heavy (non-hydrogen) atoms. The molecular weight excluding hydrogens is 203 g/mol. The van der Waals surface area contributed by atoms with Gasteiger partial charge < -0.3 is 10.3 Å². The molecule has 2 nitrogen and oxygen atoms in total. The molecule has 0 amide bonds. The smallest absolute Gasteiger partial charge is 0.123 e. The maximum Gasteiger partial charge on any atom is 0.123 e. The van der Waals surface area contributed by atoms with Crippen molar-refractivity contribution in [2.75, 3.05) is 0 Å². The molecule has 0 radical (unpaired) electrons. The van der Waals surface area contributed by atoms with E-state index in [1.165, 1.54) is 6.07 Å². The maximum atomic E-state index is 13.1. The van der Waals surface area contributed by atoms with Crippen LogP contribution in [0.5, 0.6) is 0 Å². The molecule has 1 aromatic heterocycles. The highest BCUT2D eigenvalue weighted by molar-refractivity contribution is 5.81. The molecule has 3 heteroatoms. The van der Waals surface area contributed by atoms with Gasteiger partial charge in [-0.05, 0) is 30.7 Å². The molecule has 86 valence electrons. The number of benzene rings is 1. The molecular formula is C13H17FN2. The number of rotatable bonds is 3. The Bertz CT molecular complexity index is 502. The van der Waals surface area contributed by atoms with Crippen LogP contribution < -0.4 is 5.73 Å². The fraction of sp³-hybridized carbons (Fsp3) is 0.385. The van der Waals surface area contributed by atoms with E-state index >= 15 is 0 Å². The Hall–Kier alpha value is -1.35. The molecule has 2 aromatic rings. The van der Waals surface area contributed by atoms with Gasteiger partial charge in [0.05, 0.1) is 0 Å². The highest BCUT2D eigenvalue weighted by atomic mass is 19.1. The maximum absolute atomic E-state index is 13.1. The van der Waals surface area contributed by atoms with Crippen molar-refractivity contribution in [3.8, 4) is 0 Å². The number of halogens is 1. The largest absolute Gasteiger partial charge is 0.348 e. The van der Waals surface area contributed by atoms with Crippen LogP contribution in [0.15, 0.2) is 24.3 Å². The van der Waals surface area contributed by atoms with E-state index in [0.717, 1.165) is 29.4 Å². The molecule has 0 spiro atoms. The summed E-state index contributed by atoms with van der Waals surface area (Å²) in [5.74, 6) is -0.190. The summed E-state index contributed by atoms with van der Waals surface area (Å²) < 4.78 is 15.2. The van der Waals surface area contributed by atoms with Gasteiger partial charge in [0.1, 0.15) is 5.82 Å². The lowest BCUT2D eigenvalue weighted by Gasteiger charge is -2.09. The Balaban J connectivity index is 2.43. The van der Waals surface area contributed by atoms with Gasteiger partial charge in [-0.3, -0.25) is 0 Å². The van der Waals surface area contributed by atoms with Crippen molar-refractivity contribution < 1.29 is 4.39 Å². The second-order valence-electron chi connectivity index (χ2n) is 4.27. The van der Waals surface area contributed by atoms with Gasteiger partial charge in [-0.1, -0.05) is 6.92 Å². The molecule has 1 unspecified atom stereocenters. The van der Waals surface area contributed by atoms with Crippen molar-refractivity contribution in [1.82, 2.24) is 4.57 Å². The Kier molecular flexibility index (Phi) is 2.97. The number of fused-ring (bicyclic) bond motifs is 1. The molecule has 0 saturated heterocycles. The Morgan fingerprint density at radius 1 is 1.38 bits per heavy atom. The van der Waals surface area contributed by atoms with Crippen molar-refractivity contribution in [3.63, 3.8) is 0 Å². The summed E-state index contributed by atoms with van der Waals surface area (Å²) in [7, 11) is 2.00. The molecule has 1 heterocycles. The van der Waals surface area contributed by atoms with Crippen LogP contribution in [0.4, 0.5) is 4.39 Å². The molecule has 2 N–H and O–H groups in total. The molecule has 1 atom stereocenters. The number of nitrogens with two attached hydrogens (primary N) is 1. The van der Waals surface area contributed by atoms with E-state index in [-0.39, 0.29) is 11.9 Å². The second kappa shape index (κ2) is 4.26. The van der Waals surface area contributed by atoms with Crippen molar-refractivity contribution >= 4 is 10.9 Å². The first-order valence-corrected chi connectivity index (χ1v) is 5.61. The highest BCUT2D eigenvalue weighted by Crippen LogP contribution is 2.20. The van der Waals surface area contributed by atoms with E-state index in [9.17, 15) is 4.39 Å². The molecule has 0 fully saturated rings. The zero-order chi connectivity index (χ0) is 11.7. The van der Waals surface area contributed by atoms with E-state index in [1.807, 2.05) is 19.2 Å². The summed E-state index contributed by atoms with van der Waals surface area (Å²) in [6.07, 6.45) is 1.79. The molecule has 0 bridgehead atoms. The number of hydrogen-bond donors (Lipinski definition) is 1. The minimum absolute atomic E-state index is 0.174. The molecule has 0 aliphatic heterocycles. The fourth-order valence-electron chi connectivity index (χ4n) is 1.99. The molecule has 0 aliphatic rings. The van der Waals surface area contributed by atoms with E-state index < -0.39 is 0 Å². The van der Waals surface area contributed by atoms with Gasteiger partial charge in [-0.25, -0.2) is 4.39 Å². The fourth-order valence-corrected chi connectivity index (χ4v) is 1.99. The number of nitrogens with zero attached hydrogens (tertiary/aromatic N) is 1. The van der Waals surface area contributed by atoms with Crippen LogP contribution in [-0.4, -0.2) is 10.6 Å². The van der Waals surface area contributed by atoms with Crippen molar-refractivity contribution in [2.45, 2.75) is 25.8 Å². The van der Waals surface area contributed by atoms with Crippen LogP contribution >= 0.6 is 0 Å². The van der Waals surface area contributed by atoms with Crippen LogP contribution in [0, 0.1) is 5.82 Å². The normalized spacial score (nSPS) is 13.2. The number of aromatic nitrogens is 1. The van der Waals surface area contributed by atoms with Crippen LogP contribution in [0.25, 0.3) is 10.9 Å². The van der Waals surface area contributed by atoms with Gasteiger partial charge >= 0.3 is 0 Å². The predicted molar refractivity (Wildman–Crippen MR) is 64.8 cm³/mol. The van der Waals surface area contributed by atoms with Crippen molar-refractivity contribution in [1.29, 1.82) is 0 Å². The molecule has 0 aliphatic carbocycles. The summed E-state index contributed by atoms with van der Waals surface area (Å²) in [6.45, 7) is 2.08. The third-order valence-electron chi connectivity index (χ3n) is 3.10. The van der Waals surface area contributed by atoms with Crippen LogP contribution in [0.1, 0.15) is 19.0 Å². The topological polar surface area (TPSA) is 30.9 Å². The van der Waals surface area contributed by atoms with Crippen LogP contribution in [0.3, 0.4) is 0 Å². The predicted octanol–water partition coefficient (Wildman–Crippen LogP) is 2.60. The van der Waals surface area contributed by atoms with E-state index in [1.54, 1.807) is 6.07 Å². The number of hydrogen-bond acceptors (Lipinski definition) is 1. The van der Waals surface area contributed by atoms with Gasteiger partial charge in [0.2, 0.25) is 0 Å². The second-order valence-corrected chi connectivity index (χ2v) is 4.27. The third kappa shape index (κ3) is 1.95. The van der Waals surface area contributed by atoms with Gasteiger partial charge in [0, 0.05) is 36.1 Å². The standard InChI is InChI=1S/C13H17FN2/c1-3-11(15)8-12-7-9-6-10(14)4-5-13(9)16(12)2/h4-7,11H,3,8,15H2,1-2H3.